The molecule has 0 N–H and O–H groups in total. The number of hydrogen-bond donors (Lipinski definition) is 1. The summed E-state index contributed by atoms with van der Waals surface area (Å²) in [5, 5.41) is 0. The van der Waals surface area contributed by atoms with Crippen molar-refractivity contribution in [2.24, 2.45) is 0 Å². The zero-order chi connectivity index (χ0) is 14.3. The van der Waals surface area contributed by atoms with Gasteiger partial charge in [0.15, 0.2) is 0 Å². The van der Waals surface area contributed by atoms with Gasteiger partial charge in [0, 0.05) is 6.42 Å². The van der Waals surface area contributed by atoms with Crippen LogP contribution in [0, 0.1) is 0 Å². The van der Waals surface area contributed by atoms with E-state index in [1.165, 1.54) is 51.4 Å². The molecule has 0 aromatic carbocycles. The van der Waals surface area contributed by atoms with Crippen molar-refractivity contribution >= 4 is 46.5 Å². The van der Waals surface area contributed by atoms with Gasteiger partial charge in [0.25, 0.3) is 0 Å². The predicted molar refractivity (Wildman–Crippen MR) is 84.6 cm³/mol. The predicted octanol–water partition coefficient (Wildman–Crippen LogP) is 3.11. The van der Waals surface area contributed by atoms with E-state index in [-0.39, 0.29) is 36.0 Å². The molecule has 0 aliphatic carbocycles. The summed E-state index contributed by atoms with van der Waals surface area (Å²) in [6, 6.07) is 0. The first-order valence-corrected chi connectivity index (χ1v) is 8.61. The standard InChI is InChI=1S/C14H28O4S.Na.H/c1-2-3-4-5-6-7-8-9-10-11-12-13-14(15)18-19(16)17;;/h19H,2-13H2,1H3;;. The van der Waals surface area contributed by atoms with E-state index in [0.29, 0.717) is 0 Å². The van der Waals surface area contributed by atoms with Crippen LogP contribution in [-0.2, 0) is 20.0 Å². The molecular formula is C14H29NaO4S. The van der Waals surface area contributed by atoms with Gasteiger partial charge in [-0.05, 0) is 6.42 Å². The molecule has 4 nitrogen and oxygen atoms in total. The Hall–Kier alpha value is 0.420. The minimum absolute atomic E-state index is 0. The van der Waals surface area contributed by atoms with Crippen molar-refractivity contribution in [3.05, 3.63) is 0 Å². The Kier molecular flexibility index (Phi) is 19.8. The van der Waals surface area contributed by atoms with Gasteiger partial charge in [-0.3, -0.25) is 4.79 Å². The van der Waals surface area contributed by atoms with Crippen LogP contribution in [0.25, 0.3) is 0 Å². The molecule has 0 amide bonds. The Morgan fingerprint density at radius 1 is 0.800 bits per heavy atom. The zero-order valence-electron chi connectivity index (χ0n) is 12.1. The van der Waals surface area contributed by atoms with Crippen molar-refractivity contribution in [3.8, 4) is 0 Å². The molecule has 0 saturated heterocycles. The number of hydrogen-bond acceptors (Lipinski definition) is 4. The topological polar surface area (TPSA) is 60.4 Å². The van der Waals surface area contributed by atoms with E-state index in [1.54, 1.807) is 0 Å². The third-order valence-electron chi connectivity index (χ3n) is 3.16. The summed E-state index contributed by atoms with van der Waals surface area (Å²) >= 11 is 0. The fraction of sp³-hybridized carbons (Fsp3) is 0.929. The fourth-order valence-electron chi connectivity index (χ4n) is 2.06. The summed E-state index contributed by atoms with van der Waals surface area (Å²) in [5.41, 5.74) is 0. The van der Waals surface area contributed by atoms with Gasteiger partial charge in [-0.25, -0.2) is 0 Å². The van der Waals surface area contributed by atoms with Crippen molar-refractivity contribution < 1.29 is 17.4 Å². The molecule has 0 aromatic heterocycles. The Balaban J connectivity index is 0. The van der Waals surface area contributed by atoms with E-state index >= 15 is 0 Å². The van der Waals surface area contributed by atoms with Crippen LogP contribution >= 0.6 is 0 Å². The molecule has 20 heavy (non-hydrogen) atoms. The normalized spacial score (nSPS) is 10.3. The molecular weight excluding hydrogens is 287 g/mol. The summed E-state index contributed by atoms with van der Waals surface area (Å²) in [6.07, 6.45) is 13.5. The van der Waals surface area contributed by atoms with E-state index in [9.17, 15) is 13.2 Å². The van der Waals surface area contributed by atoms with E-state index in [0.717, 1.165) is 19.3 Å². The van der Waals surface area contributed by atoms with Crippen LogP contribution in [0.15, 0.2) is 0 Å². The van der Waals surface area contributed by atoms with Crippen molar-refractivity contribution in [2.75, 3.05) is 0 Å². The fourth-order valence-corrected chi connectivity index (χ4v) is 2.32. The van der Waals surface area contributed by atoms with Crippen LogP contribution in [0.5, 0.6) is 0 Å². The van der Waals surface area contributed by atoms with E-state index in [4.69, 9.17) is 0 Å². The molecule has 0 atom stereocenters. The summed E-state index contributed by atoms with van der Waals surface area (Å²) in [5.74, 6) is -0.632. The third-order valence-corrected chi connectivity index (χ3v) is 3.51. The summed E-state index contributed by atoms with van der Waals surface area (Å²) in [6.45, 7) is 2.23. The second-order valence-electron chi connectivity index (χ2n) is 4.97. The third kappa shape index (κ3) is 18.4. The van der Waals surface area contributed by atoms with Gasteiger partial charge in [-0.2, -0.15) is 8.42 Å². The molecule has 6 heteroatoms. The molecule has 0 unspecified atom stereocenters. The first-order valence-electron chi connectivity index (χ1n) is 7.52. The molecule has 0 bridgehead atoms. The van der Waals surface area contributed by atoms with E-state index < -0.39 is 17.0 Å². The molecule has 0 rings (SSSR count). The first-order chi connectivity index (χ1) is 9.16. The SMILES string of the molecule is CCCCCCCCCCCCCC(=O)O[SH](=O)=O.[NaH]. The summed E-state index contributed by atoms with van der Waals surface area (Å²) in [4.78, 5) is 10.9. The summed E-state index contributed by atoms with van der Waals surface area (Å²) in [7, 11) is -3.03. The van der Waals surface area contributed by atoms with Gasteiger partial charge in [0.2, 0.25) is 0 Å². The van der Waals surface area contributed by atoms with Crippen molar-refractivity contribution in [2.45, 2.75) is 84.0 Å². The summed E-state index contributed by atoms with van der Waals surface area (Å²) < 4.78 is 24.3. The van der Waals surface area contributed by atoms with Crippen molar-refractivity contribution in [3.63, 3.8) is 0 Å². The van der Waals surface area contributed by atoms with Gasteiger partial charge in [0.05, 0.1) is 0 Å². The zero-order valence-corrected chi connectivity index (χ0v) is 13.0. The monoisotopic (exact) mass is 316 g/mol. The van der Waals surface area contributed by atoms with Gasteiger partial charge in [0.1, 0.15) is 0 Å². The van der Waals surface area contributed by atoms with Gasteiger partial charge in [-0.15, -0.1) is 0 Å². The van der Waals surface area contributed by atoms with Crippen LogP contribution in [0.3, 0.4) is 0 Å². The molecule has 0 saturated carbocycles. The van der Waals surface area contributed by atoms with Crippen LogP contribution < -0.4 is 0 Å². The number of unbranched alkanes of at least 4 members (excludes halogenated alkanes) is 10. The Morgan fingerprint density at radius 2 is 1.20 bits per heavy atom. The minimum atomic E-state index is -3.03. The first kappa shape index (κ1) is 22.7. The van der Waals surface area contributed by atoms with E-state index in [1.807, 2.05) is 0 Å². The second-order valence-corrected chi connectivity index (χ2v) is 5.60. The quantitative estimate of drug-likeness (QED) is 0.322. The van der Waals surface area contributed by atoms with Gasteiger partial charge < -0.3 is 4.18 Å². The average Bonchev–Trinajstić information content (AvgIpc) is 2.35. The number of carbonyl (C=O) groups is 1. The molecule has 0 aliphatic rings. The number of thiol groups is 1. The van der Waals surface area contributed by atoms with Crippen molar-refractivity contribution in [1.29, 1.82) is 0 Å². The van der Waals surface area contributed by atoms with Crippen LogP contribution in [0.1, 0.15) is 84.0 Å². The average molecular weight is 316 g/mol. The Bertz CT molecular complexity index is 285. The van der Waals surface area contributed by atoms with Gasteiger partial charge in [-0.1, -0.05) is 71.1 Å². The second kappa shape index (κ2) is 17.5. The van der Waals surface area contributed by atoms with Crippen LogP contribution in [-0.4, -0.2) is 43.9 Å². The van der Waals surface area contributed by atoms with Crippen molar-refractivity contribution in [1.82, 2.24) is 0 Å². The molecule has 0 aliphatic heterocycles. The molecule has 116 valence electrons. The Morgan fingerprint density at radius 3 is 1.60 bits per heavy atom. The molecule has 0 aromatic rings. The molecule has 0 fully saturated rings. The number of carbonyl (C=O) groups excluding carboxylic acids is 1. The van der Waals surface area contributed by atoms with Crippen LogP contribution in [0.4, 0.5) is 0 Å². The Labute approximate surface area is 147 Å². The van der Waals surface area contributed by atoms with Gasteiger partial charge >= 0.3 is 46.5 Å². The molecule has 0 spiro atoms. The molecule has 0 heterocycles. The number of rotatable bonds is 13. The maximum absolute atomic E-state index is 10.9. The molecule has 0 radical (unpaired) electrons. The van der Waals surface area contributed by atoms with Crippen LogP contribution in [0.2, 0.25) is 0 Å². The van der Waals surface area contributed by atoms with E-state index in [2.05, 4.69) is 11.1 Å². The maximum atomic E-state index is 10.9.